The Labute approximate surface area is 205 Å². The first-order valence-corrected chi connectivity index (χ1v) is 12.3. The molecule has 4 aromatic rings. The van der Waals surface area contributed by atoms with Crippen LogP contribution in [0.1, 0.15) is 11.5 Å². The molecule has 1 heterocycles. The van der Waals surface area contributed by atoms with Gasteiger partial charge < -0.3 is 8.60 Å². The second kappa shape index (κ2) is 9.08. The summed E-state index contributed by atoms with van der Waals surface area (Å²) in [7, 11) is -4.17. The van der Waals surface area contributed by atoms with E-state index in [1.165, 1.54) is 30.3 Å². The lowest BCUT2D eigenvalue weighted by Crippen LogP contribution is -2.11. The van der Waals surface area contributed by atoms with Crippen molar-refractivity contribution in [2.24, 2.45) is 0 Å². The summed E-state index contributed by atoms with van der Waals surface area (Å²) in [5, 5.41) is 10.1. The number of hydrogen-bond donors (Lipinski definition) is 0. The third kappa shape index (κ3) is 4.74. The molecule has 0 atom stereocenters. The molecule has 0 amide bonds. The van der Waals surface area contributed by atoms with Crippen LogP contribution in [0.2, 0.25) is 5.02 Å². The molecular formula is C22H11Br2ClN2O4S. The fourth-order valence-corrected chi connectivity index (χ4v) is 5.36. The monoisotopic (exact) mass is 592 g/mol. The maximum absolute atomic E-state index is 12.8. The fraction of sp³-hybridized carbons (Fsp3) is 0. The van der Waals surface area contributed by atoms with Crippen LogP contribution < -0.4 is 4.18 Å². The predicted octanol–water partition coefficient (Wildman–Crippen LogP) is 6.84. The Morgan fingerprint density at radius 1 is 1.12 bits per heavy atom. The second-order valence-corrected chi connectivity index (χ2v) is 10.2. The number of hydrogen-bond acceptors (Lipinski definition) is 6. The van der Waals surface area contributed by atoms with Gasteiger partial charge in [-0.3, -0.25) is 0 Å². The lowest BCUT2D eigenvalue weighted by molar-refractivity contribution is 0.484. The van der Waals surface area contributed by atoms with Gasteiger partial charge in [0, 0.05) is 15.1 Å². The number of rotatable bonds is 5. The normalized spacial score (nSPS) is 12.0. The number of fused-ring (bicyclic) bond motifs is 1. The van der Waals surface area contributed by atoms with Crippen LogP contribution in [0.15, 0.2) is 78.9 Å². The number of benzene rings is 3. The molecule has 4 rings (SSSR count). The second-order valence-electron chi connectivity index (χ2n) is 6.45. The van der Waals surface area contributed by atoms with Gasteiger partial charge in [-0.1, -0.05) is 39.7 Å². The summed E-state index contributed by atoms with van der Waals surface area (Å²) in [6, 6.07) is 18.0. The first-order valence-electron chi connectivity index (χ1n) is 8.94. The first-order chi connectivity index (χ1) is 15.3. The van der Waals surface area contributed by atoms with Gasteiger partial charge in [0.25, 0.3) is 0 Å². The zero-order valence-electron chi connectivity index (χ0n) is 15.9. The molecule has 0 unspecified atom stereocenters. The van der Waals surface area contributed by atoms with Crippen molar-refractivity contribution >= 4 is 76.3 Å². The Bertz CT molecular complexity index is 1470. The molecule has 0 saturated heterocycles. The zero-order valence-corrected chi connectivity index (χ0v) is 20.7. The highest BCUT2D eigenvalue weighted by molar-refractivity contribution is 9.11. The molecule has 3 aromatic carbocycles. The van der Waals surface area contributed by atoms with Crippen LogP contribution >= 0.6 is 43.5 Å². The predicted molar refractivity (Wildman–Crippen MR) is 129 cm³/mol. The number of aromatic nitrogens is 1. The molecular weight excluding hydrogens is 584 g/mol. The van der Waals surface area contributed by atoms with Crippen LogP contribution in [0.4, 0.5) is 0 Å². The van der Waals surface area contributed by atoms with Gasteiger partial charge in [-0.05, 0) is 70.5 Å². The van der Waals surface area contributed by atoms with E-state index in [9.17, 15) is 13.7 Å². The van der Waals surface area contributed by atoms with Gasteiger partial charge in [0.2, 0.25) is 5.89 Å². The molecule has 10 heteroatoms. The summed E-state index contributed by atoms with van der Waals surface area (Å²) < 4.78 is 37.8. The third-order valence-electron chi connectivity index (χ3n) is 4.28. The van der Waals surface area contributed by atoms with Crippen molar-refractivity contribution < 1.29 is 17.0 Å². The average Bonchev–Trinajstić information content (AvgIpc) is 3.18. The lowest BCUT2D eigenvalue weighted by Gasteiger charge is -2.12. The fourth-order valence-electron chi connectivity index (χ4n) is 2.82. The Kier molecular flexibility index (Phi) is 6.40. The number of halogens is 3. The van der Waals surface area contributed by atoms with Crippen LogP contribution in [0.5, 0.6) is 5.75 Å². The van der Waals surface area contributed by atoms with E-state index in [-0.39, 0.29) is 22.1 Å². The van der Waals surface area contributed by atoms with Crippen molar-refractivity contribution in [1.82, 2.24) is 4.98 Å². The summed E-state index contributed by atoms with van der Waals surface area (Å²) >= 11 is 12.6. The van der Waals surface area contributed by atoms with E-state index in [4.69, 9.17) is 20.2 Å². The standard InChI is InChI=1S/C22H11Br2ClN2O4S/c23-15-10-13(9-14(12-26)22-27-19-3-1-2-4-20(19)30-22)21(18(24)11-15)31-32(28,29)17-7-5-16(25)6-8-17/h1-11H/b14-9+. The van der Waals surface area contributed by atoms with E-state index in [2.05, 4.69) is 36.8 Å². The molecule has 0 aliphatic carbocycles. The van der Waals surface area contributed by atoms with Gasteiger partial charge >= 0.3 is 10.1 Å². The van der Waals surface area contributed by atoms with Crippen LogP contribution in [-0.2, 0) is 10.1 Å². The van der Waals surface area contributed by atoms with E-state index in [1.54, 1.807) is 30.3 Å². The number of oxazole rings is 1. The topological polar surface area (TPSA) is 93.2 Å². The van der Waals surface area contributed by atoms with E-state index in [0.29, 0.717) is 30.6 Å². The van der Waals surface area contributed by atoms with Crippen molar-refractivity contribution in [3.8, 4) is 11.8 Å². The van der Waals surface area contributed by atoms with E-state index >= 15 is 0 Å². The van der Waals surface area contributed by atoms with Crippen LogP contribution in [-0.4, -0.2) is 13.4 Å². The molecule has 0 bridgehead atoms. The number of allylic oxidation sites excluding steroid dienone is 1. The molecule has 0 spiro atoms. The van der Waals surface area contributed by atoms with Gasteiger partial charge in [0.1, 0.15) is 22.1 Å². The molecule has 0 aliphatic heterocycles. The third-order valence-corrected chi connectivity index (χ3v) is 6.81. The largest absolute Gasteiger partial charge is 0.435 e. The summed E-state index contributed by atoms with van der Waals surface area (Å²) in [4.78, 5) is 4.27. The highest BCUT2D eigenvalue weighted by Gasteiger charge is 2.22. The van der Waals surface area contributed by atoms with Gasteiger partial charge in [0.05, 0.1) is 4.47 Å². The number of nitriles is 1. The molecule has 0 N–H and O–H groups in total. The van der Waals surface area contributed by atoms with Gasteiger partial charge in [-0.25, -0.2) is 4.98 Å². The minimum Gasteiger partial charge on any atom is -0.435 e. The minimum atomic E-state index is -4.17. The molecule has 0 saturated carbocycles. The van der Waals surface area contributed by atoms with E-state index in [1.807, 2.05) is 12.1 Å². The summed E-state index contributed by atoms with van der Waals surface area (Å²) in [6.45, 7) is 0. The summed E-state index contributed by atoms with van der Waals surface area (Å²) in [6.07, 6.45) is 1.45. The average molecular weight is 595 g/mol. The molecule has 32 heavy (non-hydrogen) atoms. The minimum absolute atomic E-state index is 0.00649. The highest BCUT2D eigenvalue weighted by atomic mass is 79.9. The summed E-state index contributed by atoms with van der Waals surface area (Å²) in [5.41, 5.74) is 1.55. The Balaban J connectivity index is 1.80. The van der Waals surface area contributed by atoms with Gasteiger partial charge in [0.15, 0.2) is 11.3 Å². The molecule has 0 aliphatic rings. The van der Waals surface area contributed by atoms with Crippen molar-refractivity contribution in [1.29, 1.82) is 5.26 Å². The lowest BCUT2D eigenvalue weighted by atomic mass is 10.1. The molecule has 0 radical (unpaired) electrons. The van der Waals surface area contributed by atoms with Crippen molar-refractivity contribution in [3.63, 3.8) is 0 Å². The first kappa shape index (κ1) is 22.6. The maximum Gasteiger partial charge on any atom is 0.339 e. The number of para-hydroxylation sites is 2. The highest BCUT2D eigenvalue weighted by Crippen LogP contribution is 2.37. The van der Waals surface area contributed by atoms with Crippen molar-refractivity contribution in [2.45, 2.75) is 4.90 Å². The summed E-state index contributed by atoms with van der Waals surface area (Å²) in [5.74, 6) is 0.114. The Hall–Kier alpha value is -2.64. The van der Waals surface area contributed by atoms with E-state index < -0.39 is 10.1 Å². The number of nitrogens with zero attached hydrogens (tertiary/aromatic N) is 2. The smallest absolute Gasteiger partial charge is 0.339 e. The van der Waals surface area contributed by atoms with E-state index in [0.717, 1.165) is 0 Å². The molecule has 6 nitrogen and oxygen atoms in total. The molecule has 1 aromatic heterocycles. The SMILES string of the molecule is N#C/C(=C\c1cc(Br)cc(Br)c1OS(=O)(=O)c1ccc(Cl)cc1)c1nc2ccccc2o1. The maximum atomic E-state index is 12.8. The van der Waals surface area contributed by atoms with Crippen LogP contribution in [0.3, 0.4) is 0 Å². The van der Waals surface area contributed by atoms with Crippen LogP contribution in [0.25, 0.3) is 22.7 Å². The van der Waals surface area contributed by atoms with Crippen molar-refractivity contribution in [3.05, 3.63) is 86.1 Å². The van der Waals surface area contributed by atoms with Crippen LogP contribution in [0, 0.1) is 11.3 Å². The zero-order chi connectivity index (χ0) is 22.9. The Morgan fingerprint density at radius 2 is 1.84 bits per heavy atom. The van der Waals surface area contributed by atoms with Gasteiger partial charge in [-0.15, -0.1) is 0 Å². The van der Waals surface area contributed by atoms with Gasteiger partial charge in [-0.2, -0.15) is 13.7 Å². The molecule has 160 valence electrons. The molecule has 0 fully saturated rings. The Morgan fingerprint density at radius 3 is 2.53 bits per heavy atom. The quantitative estimate of drug-likeness (QED) is 0.186. The van der Waals surface area contributed by atoms with Crippen molar-refractivity contribution in [2.75, 3.05) is 0 Å².